The summed E-state index contributed by atoms with van der Waals surface area (Å²) in [4.78, 5) is 13.6. The van der Waals surface area contributed by atoms with Gasteiger partial charge in [-0.05, 0) is 5.56 Å². The van der Waals surface area contributed by atoms with Crippen molar-refractivity contribution in [1.29, 1.82) is 0 Å². The first kappa shape index (κ1) is 11.1. The van der Waals surface area contributed by atoms with E-state index in [1.165, 1.54) is 0 Å². The Morgan fingerprint density at radius 1 is 1.44 bits per heavy atom. The zero-order valence-corrected chi connectivity index (χ0v) is 9.04. The van der Waals surface area contributed by atoms with E-state index in [2.05, 4.69) is 0 Å². The second kappa shape index (κ2) is 4.63. The number of hydrogen-bond donors (Lipinski definition) is 2. The van der Waals surface area contributed by atoms with Crippen molar-refractivity contribution in [3.63, 3.8) is 0 Å². The Bertz CT molecular complexity index is 361. The van der Waals surface area contributed by atoms with Gasteiger partial charge in [-0.3, -0.25) is 4.79 Å². The van der Waals surface area contributed by atoms with Crippen LogP contribution in [0, 0.1) is 5.92 Å². The maximum absolute atomic E-state index is 11.9. The monoisotopic (exact) mass is 220 g/mol. The number of likely N-dealkylation sites (tertiary alicyclic amines) is 1. The first-order valence-electron chi connectivity index (χ1n) is 5.42. The lowest BCUT2D eigenvalue weighted by molar-refractivity contribution is -0.140. The fraction of sp³-hybridized carbons (Fsp3) is 0.417. The smallest absolute Gasteiger partial charge is 0.244 e. The molecule has 1 aliphatic rings. The summed E-state index contributed by atoms with van der Waals surface area (Å²) in [7, 11) is 0. The predicted octanol–water partition coefficient (Wildman–Crippen LogP) is 0.137. The largest absolute Gasteiger partial charge is 0.396 e. The molecule has 4 nitrogen and oxygen atoms in total. The SMILES string of the molecule is N[C@@H](C(=O)N1CC(CO)C1)c1ccccc1. The maximum atomic E-state index is 11.9. The summed E-state index contributed by atoms with van der Waals surface area (Å²) in [6.45, 7) is 1.39. The Hall–Kier alpha value is -1.39. The first-order chi connectivity index (χ1) is 7.72. The third kappa shape index (κ3) is 2.08. The highest BCUT2D eigenvalue weighted by Gasteiger charge is 2.32. The molecule has 0 saturated carbocycles. The molecule has 0 aliphatic carbocycles. The van der Waals surface area contributed by atoms with Crippen molar-refractivity contribution < 1.29 is 9.90 Å². The van der Waals surface area contributed by atoms with Crippen LogP contribution in [0.4, 0.5) is 0 Å². The quantitative estimate of drug-likeness (QED) is 0.761. The third-order valence-corrected chi connectivity index (χ3v) is 2.95. The molecular weight excluding hydrogens is 204 g/mol. The minimum absolute atomic E-state index is 0.0594. The van der Waals surface area contributed by atoms with Crippen LogP contribution in [0.3, 0.4) is 0 Å². The molecule has 1 atom stereocenters. The number of nitrogens with zero attached hydrogens (tertiary/aromatic N) is 1. The van der Waals surface area contributed by atoms with Crippen LogP contribution < -0.4 is 5.73 Å². The van der Waals surface area contributed by atoms with Crippen LogP contribution in [0.1, 0.15) is 11.6 Å². The summed E-state index contributed by atoms with van der Waals surface area (Å²) in [5.41, 5.74) is 6.72. The lowest BCUT2D eigenvalue weighted by Gasteiger charge is -2.39. The van der Waals surface area contributed by atoms with Crippen LogP contribution in [0.5, 0.6) is 0 Å². The first-order valence-corrected chi connectivity index (χ1v) is 5.42. The fourth-order valence-corrected chi connectivity index (χ4v) is 1.86. The molecule has 0 bridgehead atoms. The van der Waals surface area contributed by atoms with E-state index in [0.717, 1.165) is 5.56 Å². The van der Waals surface area contributed by atoms with Gasteiger partial charge in [0.05, 0.1) is 0 Å². The number of benzene rings is 1. The Kier molecular flexibility index (Phi) is 3.22. The van der Waals surface area contributed by atoms with Gasteiger partial charge in [-0.15, -0.1) is 0 Å². The average molecular weight is 220 g/mol. The van der Waals surface area contributed by atoms with Gasteiger partial charge in [0.25, 0.3) is 0 Å². The highest BCUT2D eigenvalue weighted by Crippen LogP contribution is 2.20. The molecular formula is C12H16N2O2. The highest BCUT2D eigenvalue weighted by molar-refractivity contribution is 5.83. The van der Waals surface area contributed by atoms with E-state index >= 15 is 0 Å². The van der Waals surface area contributed by atoms with Crippen molar-refractivity contribution in [3.05, 3.63) is 35.9 Å². The van der Waals surface area contributed by atoms with E-state index in [1.54, 1.807) is 4.90 Å². The number of carbonyl (C=O) groups is 1. The van der Waals surface area contributed by atoms with E-state index < -0.39 is 6.04 Å². The Balaban J connectivity index is 1.96. The molecule has 0 radical (unpaired) electrons. The molecule has 2 rings (SSSR count). The van der Waals surface area contributed by atoms with Gasteiger partial charge in [-0.1, -0.05) is 30.3 Å². The lowest BCUT2D eigenvalue weighted by atomic mass is 9.98. The summed E-state index contributed by atoms with van der Waals surface area (Å²) in [5.74, 6) is 0.169. The molecule has 1 saturated heterocycles. The molecule has 3 N–H and O–H groups in total. The van der Waals surface area contributed by atoms with Gasteiger partial charge < -0.3 is 15.7 Å². The minimum Gasteiger partial charge on any atom is -0.396 e. The Morgan fingerprint density at radius 3 is 2.62 bits per heavy atom. The summed E-state index contributed by atoms with van der Waals surface area (Å²) in [6, 6.07) is 8.76. The number of aliphatic hydroxyl groups excluding tert-OH is 1. The van der Waals surface area contributed by atoms with Crippen molar-refractivity contribution in [2.24, 2.45) is 11.7 Å². The standard InChI is InChI=1S/C12H16N2O2/c13-11(10-4-2-1-3-5-10)12(16)14-6-9(7-14)8-15/h1-5,9,11,15H,6-8,13H2/t11-/m1/s1. The zero-order valence-electron chi connectivity index (χ0n) is 9.04. The molecule has 16 heavy (non-hydrogen) atoms. The average Bonchev–Trinajstić information content (AvgIpc) is 2.27. The van der Waals surface area contributed by atoms with Crippen molar-refractivity contribution in [2.45, 2.75) is 6.04 Å². The van der Waals surface area contributed by atoms with Crippen molar-refractivity contribution in [3.8, 4) is 0 Å². The number of carbonyl (C=O) groups excluding carboxylic acids is 1. The van der Waals surface area contributed by atoms with Crippen LogP contribution in [0.15, 0.2) is 30.3 Å². The van der Waals surface area contributed by atoms with Crippen molar-refractivity contribution in [1.82, 2.24) is 4.90 Å². The third-order valence-electron chi connectivity index (χ3n) is 2.95. The fourth-order valence-electron chi connectivity index (χ4n) is 1.86. The molecule has 4 heteroatoms. The van der Waals surface area contributed by atoms with E-state index in [-0.39, 0.29) is 18.4 Å². The van der Waals surface area contributed by atoms with Gasteiger partial charge in [0.15, 0.2) is 0 Å². The summed E-state index contributed by atoms with van der Waals surface area (Å²) in [6.07, 6.45) is 0. The lowest BCUT2D eigenvalue weighted by Crippen LogP contribution is -2.53. The van der Waals surface area contributed by atoms with E-state index in [1.807, 2.05) is 30.3 Å². The van der Waals surface area contributed by atoms with E-state index in [9.17, 15) is 4.79 Å². The van der Waals surface area contributed by atoms with Gasteiger partial charge in [0.1, 0.15) is 6.04 Å². The second-order valence-corrected chi connectivity index (χ2v) is 4.18. The van der Waals surface area contributed by atoms with Crippen LogP contribution >= 0.6 is 0 Å². The van der Waals surface area contributed by atoms with Crippen LogP contribution in [-0.2, 0) is 4.79 Å². The number of aliphatic hydroxyl groups is 1. The van der Waals surface area contributed by atoms with Crippen molar-refractivity contribution in [2.75, 3.05) is 19.7 Å². The molecule has 0 unspecified atom stereocenters. The molecule has 86 valence electrons. The molecule has 1 aliphatic heterocycles. The van der Waals surface area contributed by atoms with Gasteiger partial charge in [-0.2, -0.15) is 0 Å². The molecule has 0 spiro atoms. The Morgan fingerprint density at radius 2 is 2.06 bits per heavy atom. The molecule has 1 fully saturated rings. The number of rotatable bonds is 3. The van der Waals surface area contributed by atoms with Gasteiger partial charge in [0, 0.05) is 25.6 Å². The molecule has 1 heterocycles. The zero-order chi connectivity index (χ0) is 11.5. The predicted molar refractivity (Wildman–Crippen MR) is 60.5 cm³/mol. The van der Waals surface area contributed by atoms with Crippen LogP contribution in [0.25, 0.3) is 0 Å². The normalized spacial score (nSPS) is 18.0. The van der Waals surface area contributed by atoms with Crippen molar-refractivity contribution >= 4 is 5.91 Å². The highest BCUT2D eigenvalue weighted by atomic mass is 16.3. The molecule has 1 aromatic carbocycles. The van der Waals surface area contributed by atoms with Gasteiger partial charge in [-0.25, -0.2) is 0 Å². The summed E-state index contributed by atoms with van der Waals surface area (Å²) in [5, 5.41) is 8.87. The molecule has 0 aromatic heterocycles. The summed E-state index contributed by atoms with van der Waals surface area (Å²) >= 11 is 0. The second-order valence-electron chi connectivity index (χ2n) is 4.18. The molecule has 1 amide bonds. The topological polar surface area (TPSA) is 66.6 Å². The minimum atomic E-state index is -0.583. The van der Waals surface area contributed by atoms with Gasteiger partial charge in [0.2, 0.25) is 5.91 Å². The number of nitrogens with two attached hydrogens (primary N) is 1. The Labute approximate surface area is 94.7 Å². The summed E-state index contributed by atoms with van der Waals surface area (Å²) < 4.78 is 0. The van der Waals surface area contributed by atoms with E-state index in [0.29, 0.717) is 13.1 Å². The maximum Gasteiger partial charge on any atom is 0.244 e. The number of amides is 1. The van der Waals surface area contributed by atoms with E-state index in [4.69, 9.17) is 10.8 Å². The van der Waals surface area contributed by atoms with Gasteiger partial charge >= 0.3 is 0 Å². The van der Waals surface area contributed by atoms with Crippen LogP contribution in [0.2, 0.25) is 0 Å². The van der Waals surface area contributed by atoms with Crippen LogP contribution in [-0.4, -0.2) is 35.6 Å². The molecule has 1 aromatic rings. The number of hydrogen-bond acceptors (Lipinski definition) is 3.